The average Bonchev–Trinajstić information content (AvgIpc) is 3.05. The molecular formula is C15H22N2O. The van der Waals surface area contributed by atoms with Gasteiger partial charge in [-0.15, -0.1) is 0 Å². The van der Waals surface area contributed by atoms with Gasteiger partial charge < -0.3 is 15.4 Å². The Kier molecular flexibility index (Phi) is 3.52. The summed E-state index contributed by atoms with van der Waals surface area (Å²) in [6.45, 7) is 5.16. The molecule has 2 heterocycles. The summed E-state index contributed by atoms with van der Waals surface area (Å²) in [4.78, 5) is 0. The molecule has 1 fully saturated rings. The Bertz CT molecular complexity index is 413. The largest absolute Gasteiger partial charge is 0.384 e. The zero-order valence-electron chi connectivity index (χ0n) is 11.0. The van der Waals surface area contributed by atoms with Crippen LogP contribution in [0, 0.1) is 0 Å². The summed E-state index contributed by atoms with van der Waals surface area (Å²) in [5.74, 6) is 0. The van der Waals surface area contributed by atoms with Crippen LogP contribution in [0.5, 0.6) is 0 Å². The van der Waals surface area contributed by atoms with E-state index in [-0.39, 0.29) is 0 Å². The van der Waals surface area contributed by atoms with Crippen LogP contribution >= 0.6 is 0 Å². The van der Waals surface area contributed by atoms with Crippen LogP contribution in [-0.4, -0.2) is 25.3 Å². The summed E-state index contributed by atoms with van der Waals surface area (Å²) in [5.41, 5.74) is 4.19. The molecular weight excluding hydrogens is 224 g/mol. The molecule has 0 aromatic heterocycles. The van der Waals surface area contributed by atoms with Crippen LogP contribution in [-0.2, 0) is 17.7 Å². The zero-order valence-corrected chi connectivity index (χ0v) is 11.0. The van der Waals surface area contributed by atoms with Gasteiger partial charge >= 0.3 is 0 Å². The summed E-state index contributed by atoms with van der Waals surface area (Å²) >= 11 is 0. The lowest BCUT2D eigenvalue weighted by atomic mass is 10.1. The number of nitrogens with one attached hydrogen (secondary N) is 2. The van der Waals surface area contributed by atoms with Gasteiger partial charge in [0.05, 0.1) is 6.10 Å². The monoisotopic (exact) mass is 246 g/mol. The van der Waals surface area contributed by atoms with Crippen molar-refractivity contribution in [3.05, 3.63) is 29.3 Å². The third-order valence-electron chi connectivity index (χ3n) is 4.07. The summed E-state index contributed by atoms with van der Waals surface area (Å²) in [6.07, 6.45) is 3.96. The van der Waals surface area contributed by atoms with E-state index in [2.05, 4.69) is 35.8 Å². The predicted molar refractivity (Wildman–Crippen MR) is 73.9 cm³/mol. The first kappa shape index (κ1) is 12.0. The smallest absolute Gasteiger partial charge is 0.0726 e. The van der Waals surface area contributed by atoms with Gasteiger partial charge in [-0.25, -0.2) is 0 Å². The van der Waals surface area contributed by atoms with E-state index in [9.17, 15) is 0 Å². The predicted octanol–water partition coefficient (Wildman–Crippen LogP) is 2.31. The molecule has 2 aliphatic rings. The molecule has 3 rings (SSSR count). The summed E-state index contributed by atoms with van der Waals surface area (Å²) < 4.78 is 5.72. The van der Waals surface area contributed by atoms with E-state index in [1.165, 1.54) is 29.7 Å². The van der Waals surface area contributed by atoms with Crippen LogP contribution in [0.4, 0.5) is 5.69 Å². The highest BCUT2D eigenvalue weighted by Gasteiger charge is 2.22. The minimum absolute atomic E-state index is 0.398. The third-order valence-corrected chi connectivity index (χ3v) is 4.07. The fourth-order valence-electron chi connectivity index (χ4n) is 2.96. The first-order chi connectivity index (χ1) is 8.84. The lowest BCUT2D eigenvalue weighted by Crippen LogP contribution is -2.36. The number of fused-ring (bicyclic) bond motifs is 1. The van der Waals surface area contributed by atoms with Crippen LogP contribution in [0.2, 0.25) is 0 Å². The maximum Gasteiger partial charge on any atom is 0.0726 e. The van der Waals surface area contributed by atoms with Crippen molar-refractivity contribution in [3.8, 4) is 0 Å². The quantitative estimate of drug-likeness (QED) is 0.855. The number of ether oxygens (including phenoxy) is 1. The van der Waals surface area contributed by atoms with E-state index in [0.717, 1.165) is 26.1 Å². The Morgan fingerprint density at radius 1 is 1.50 bits per heavy atom. The van der Waals surface area contributed by atoms with Crippen molar-refractivity contribution in [3.63, 3.8) is 0 Å². The molecule has 3 heteroatoms. The van der Waals surface area contributed by atoms with Crippen molar-refractivity contribution in [2.75, 3.05) is 18.5 Å². The molecule has 0 saturated carbocycles. The van der Waals surface area contributed by atoms with Gasteiger partial charge in [0, 0.05) is 31.4 Å². The van der Waals surface area contributed by atoms with E-state index < -0.39 is 0 Å². The fraction of sp³-hybridized carbons (Fsp3) is 0.600. The molecule has 1 aromatic rings. The second-order valence-corrected chi connectivity index (χ2v) is 5.35. The minimum atomic E-state index is 0.398. The van der Waals surface area contributed by atoms with Crippen molar-refractivity contribution in [2.24, 2.45) is 0 Å². The van der Waals surface area contributed by atoms with Crippen molar-refractivity contribution in [2.45, 2.75) is 44.9 Å². The Balaban J connectivity index is 1.61. The minimum Gasteiger partial charge on any atom is -0.384 e. The molecule has 0 spiro atoms. The molecule has 18 heavy (non-hydrogen) atoms. The molecule has 0 radical (unpaired) electrons. The molecule has 0 amide bonds. The molecule has 2 N–H and O–H groups in total. The van der Waals surface area contributed by atoms with Gasteiger partial charge in [0.25, 0.3) is 0 Å². The average molecular weight is 246 g/mol. The number of anilines is 1. The topological polar surface area (TPSA) is 33.3 Å². The van der Waals surface area contributed by atoms with E-state index in [1.54, 1.807) is 0 Å². The lowest BCUT2D eigenvalue weighted by molar-refractivity contribution is 0.0832. The molecule has 2 unspecified atom stereocenters. The van der Waals surface area contributed by atoms with E-state index in [0.29, 0.717) is 12.1 Å². The molecule has 0 aliphatic carbocycles. The van der Waals surface area contributed by atoms with Crippen LogP contribution in [0.3, 0.4) is 0 Å². The number of benzene rings is 1. The highest BCUT2D eigenvalue weighted by Crippen LogP contribution is 2.26. The standard InChI is InChI=1S/C15H22N2O/c1-11(14-6-3-9-18-14)17-10-13-5-2-4-12-7-8-16-15(12)13/h2,4-5,11,14,16-17H,3,6-10H2,1H3. The second kappa shape index (κ2) is 5.29. The Labute approximate surface area is 109 Å². The van der Waals surface area contributed by atoms with Crippen molar-refractivity contribution >= 4 is 5.69 Å². The van der Waals surface area contributed by atoms with Gasteiger partial charge in [-0.2, -0.15) is 0 Å². The summed E-state index contributed by atoms with van der Waals surface area (Å²) in [7, 11) is 0. The van der Waals surface area contributed by atoms with Crippen molar-refractivity contribution in [1.82, 2.24) is 5.32 Å². The fourth-order valence-corrected chi connectivity index (χ4v) is 2.96. The van der Waals surface area contributed by atoms with Crippen LogP contribution in [0.15, 0.2) is 18.2 Å². The van der Waals surface area contributed by atoms with Crippen LogP contribution in [0.1, 0.15) is 30.9 Å². The van der Waals surface area contributed by atoms with Crippen LogP contribution in [0.25, 0.3) is 0 Å². The Hall–Kier alpha value is -1.06. The van der Waals surface area contributed by atoms with Crippen LogP contribution < -0.4 is 10.6 Å². The van der Waals surface area contributed by atoms with E-state index in [1.807, 2.05) is 0 Å². The number of hydrogen-bond acceptors (Lipinski definition) is 3. The first-order valence-electron chi connectivity index (χ1n) is 7.04. The summed E-state index contributed by atoms with van der Waals surface area (Å²) in [5, 5.41) is 7.10. The highest BCUT2D eigenvalue weighted by molar-refractivity contribution is 5.61. The molecule has 0 bridgehead atoms. The van der Waals surface area contributed by atoms with Gasteiger partial charge in [0.15, 0.2) is 0 Å². The number of rotatable bonds is 4. The zero-order chi connectivity index (χ0) is 12.4. The Morgan fingerprint density at radius 2 is 2.44 bits per heavy atom. The molecule has 1 saturated heterocycles. The molecule has 2 aliphatic heterocycles. The molecule has 2 atom stereocenters. The van der Waals surface area contributed by atoms with Gasteiger partial charge in [-0.1, -0.05) is 18.2 Å². The second-order valence-electron chi connectivity index (χ2n) is 5.35. The molecule has 98 valence electrons. The van der Waals surface area contributed by atoms with Gasteiger partial charge in [-0.05, 0) is 37.3 Å². The lowest BCUT2D eigenvalue weighted by Gasteiger charge is -2.21. The SMILES string of the molecule is CC(NCc1cccc2c1NCC2)C1CCCO1. The first-order valence-corrected chi connectivity index (χ1v) is 7.04. The number of para-hydroxylation sites is 1. The maximum absolute atomic E-state index is 5.72. The van der Waals surface area contributed by atoms with Gasteiger partial charge in [0.2, 0.25) is 0 Å². The van der Waals surface area contributed by atoms with E-state index in [4.69, 9.17) is 4.74 Å². The van der Waals surface area contributed by atoms with Crippen molar-refractivity contribution in [1.29, 1.82) is 0 Å². The van der Waals surface area contributed by atoms with Gasteiger partial charge in [0.1, 0.15) is 0 Å². The van der Waals surface area contributed by atoms with Gasteiger partial charge in [-0.3, -0.25) is 0 Å². The Morgan fingerprint density at radius 3 is 3.28 bits per heavy atom. The molecule has 3 nitrogen and oxygen atoms in total. The van der Waals surface area contributed by atoms with Crippen molar-refractivity contribution < 1.29 is 4.74 Å². The summed E-state index contributed by atoms with van der Waals surface area (Å²) in [6, 6.07) is 7.04. The molecule has 1 aromatic carbocycles. The number of hydrogen-bond donors (Lipinski definition) is 2. The third kappa shape index (κ3) is 2.38. The van der Waals surface area contributed by atoms with E-state index >= 15 is 0 Å². The highest BCUT2D eigenvalue weighted by atomic mass is 16.5. The maximum atomic E-state index is 5.72. The normalized spacial score (nSPS) is 23.7.